The van der Waals surface area contributed by atoms with Gasteiger partial charge in [-0.15, -0.1) is 0 Å². The number of aromatic nitrogens is 1. The minimum atomic E-state index is -1.40. The molecule has 2 fully saturated rings. The summed E-state index contributed by atoms with van der Waals surface area (Å²) in [7, 11) is 0. The van der Waals surface area contributed by atoms with E-state index in [4.69, 9.17) is 35.9 Å². The van der Waals surface area contributed by atoms with Crippen molar-refractivity contribution < 1.29 is 57.2 Å². The molecule has 0 unspecified atom stereocenters. The molecule has 2 aliphatic heterocycles. The van der Waals surface area contributed by atoms with Crippen LogP contribution in [0.2, 0.25) is 0 Å². The first-order valence-electron chi connectivity index (χ1n) is 15.3. The van der Waals surface area contributed by atoms with Gasteiger partial charge in [0.1, 0.15) is 24.1 Å². The van der Waals surface area contributed by atoms with Crippen molar-refractivity contribution in [2.75, 3.05) is 37.7 Å². The summed E-state index contributed by atoms with van der Waals surface area (Å²) in [6.45, 7) is 7.39. The maximum atomic E-state index is 15.4. The van der Waals surface area contributed by atoms with E-state index in [1.165, 1.54) is 19.2 Å². The second kappa shape index (κ2) is 15.6. The van der Waals surface area contributed by atoms with Crippen molar-refractivity contribution in [3.8, 4) is 0 Å². The fourth-order valence-corrected chi connectivity index (χ4v) is 6.06. The first-order valence-corrected chi connectivity index (χ1v) is 15.7. The van der Waals surface area contributed by atoms with Crippen molar-refractivity contribution in [2.45, 2.75) is 71.8 Å². The number of ether oxygens (including phenoxy) is 5. The molecule has 0 amide bonds. The van der Waals surface area contributed by atoms with Crippen LogP contribution in [0, 0.1) is 5.82 Å². The van der Waals surface area contributed by atoms with Gasteiger partial charge < -0.3 is 48.5 Å². The summed E-state index contributed by atoms with van der Waals surface area (Å²) in [6.07, 6.45) is -5.24. The van der Waals surface area contributed by atoms with E-state index in [-0.39, 0.29) is 42.4 Å². The number of pyridine rings is 1. The molecule has 1 aromatic heterocycles. The molecular formula is C31H37FN4O12S. The number of piperazine rings is 1. The highest BCUT2D eigenvalue weighted by Gasteiger charge is 2.52. The van der Waals surface area contributed by atoms with Crippen molar-refractivity contribution in [2.24, 2.45) is 0 Å². The van der Waals surface area contributed by atoms with Gasteiger partial charge in [0.15, 0.2) is 29.7 Å². The number of hydrogen-bond donors (Lipinski definition) is 2. The first kappa shape index (κ1) is 37.0. The molecule has 0 aliphatic carbocycles. The zero-order valence-electron chi connectivity index (χ0n) is 27.4. The number of nitrogens with one attached hydrogen (secondary N) is 1. The lowest BCUT2D eigenvalue weighted by molar-refractivity contribution is -0.255. The van der Waals surface area contributed by atoms with Crippen LogP contribution in [-0.2, 0) is 49.4 Å². The van der Waals surface area contributed by atoms with Gasteiger partial charge in [0.05, 0.1) is 11.2 Å². The van der Waals surface area contributed by atoms with Crippen molar-refractivity contribution in [3.63, 3.8) is 0 Å². The summed E-state index contributed by atoms with van der Waals surface area (Å²) in [5.41, 5.74) is -0.624. The molecule has 266 valence electrons. The highest BCUT2D eigenvalue weighted by Crippen LogP contribution is 2.30. The third-order valence-electron chi connectivity index (χ3n) is 7.88. The van der Waals surface area contributed by atoms with Crippen LogP contribution in [0.25, 0.3) is 10.9 Å². The molecule has 2 aromatic rings. The predicted octanol–water partition coefficient (Wildman–Crippen LogP) is 0.938. The van der Waals surface area contributed by atoms with Crippen molar-refractivity contribution in [1.29, 1.82) is 0 Å². The summed E-state index contributed by atoms with van der Waals surface area (Å²) in [5, 5.41) is 12.5. The van der Waals surface area contributed by atoms with E-state index in [1.54, 1.807) is 21.3 Å². The number of fused-ring (bicyclic) bond motifs is 1. The van der Waals surface area contributed by atoms with E-state index in [0.717, 1.165) is 26.8 Å². The molecule has 2 N–H and O–H groups in total. The SMILES string of the molecule is CCn1cc(C(=O)O)c(=O)c2cc(F)c(N3CCN(C(=S)N[C@@H]4O[C@H](COC(C)=O)[C@@H](OC(C)=O)[C@H](OC(C)=O)[C@H]4OC(C)=O)CC3)cc21. The quantitative estimate of drug-likeness (QED) is 0.212. The van der Waals surface area contributed by atoms with Crippen molar-refractivity contribution >= 4 is 63.8 Å². The number of carboxylic acids is 1. The number of benzene rings is 1. The predicted molar refractivity (Wildman–Crippen MR) is 172 cm³/mol. The van der Waals surface area contributed by atoms with Gasteiger partial charge in [-0.3, -0.25) is 24.0 Å². The Bertz CT molecular complexity index is 1710. The molecule has 16 nitrogen and oxygen atoms in total. The van der Waals surface area contributed by atoms with Gasteiger partial charge in [-0.1, -0.05) is 0 Å². The third kappa shape index (κ3) is 8.61. The van der Waals surface area contributed by atoms with Crippen LogP contribution in [0.3, 0.4) is 0 Å². The van der Waals surface area contributed by atoms with Gasteiger partial charge in [-0.05, 0) is 31.3 Å². The van der Waals surface area contributed by atoms with Gasteiger partial charge in [0, 0.05) is 72.0 Å². The van der Waals surface area contributed by atoms with E-state index in [1.807, 2.05) is 0 Å². The number of carboxylic acid groups (broad SMARTS) is 1. The number of anilines is 1. The Labute approximate surface area is 284 Å². The van der Waals surface area contributed by atoms with E-state index in [0.29, 0.717) is 12.1 Å². The molecule has 5 atom stereocenters. The Morgan fingerprint density at radius 2 is 1.53 bits per heavy atom. The van der Waals surface area contributed by atoms with Gasteiger partial charge in [-0.25, -0.2) is 9.18 Å². The number of halogens is 1. The lowest BCUT2D eigenvalue weighted by Crippen LogP contribution is -2.67. The molecule has 0 saturated carbocycles. The summed E-state index contributed by atoms with van der Waals surface area (Å²) >= 11 is 5.65. The molecule has 2 aliphatic rings. The number of aryl methyl sites for hydroxylation is 1. The second-order valence-electron chi connectivity index (χ2n) is 11.3. The summed E-state index contributed by atoms with van der Waals surface area (Å²) in [5.74, 6) is -5.04. The van der Waals surface area contributed by atoms with Gasteiger partial charge in [0.25, 0.3) is 0 Å². The minimum Gasteiger partial charge on any atom is -0.477 e. The summed E-state index contributed by atoms with van der Waals surface area (Å²) in [6, 6.07) is 2.57. The summed E-state index contributed by atoms with van der Waals surface area (Å²) < 4.78 is 44.5. The summed E-state index contributed by atoms with van der Waals surface area (Å²) in [4.78, 5) is 75.7. The standard InChI is InChI=1S/C31H37FN4O12S/c1-6-34-13-20(30(42)43)25(41)19-11-21(32)23(12-22(19)34)35-7-9-36(10-8-35)31(49)33-29-28(47-18(5)40)27(46-17(4)39)26(45-16(3)38)24(48-29)14-44-15(2)37/h11-13,24,26-29H,6-10,14H2,1-5H3,(H,33,49)(H,42,43)/t24-,26-,27+,28-,29-/m1/s1. The highest BCUT2D eigenvalue weighted by molar-refractivity contribution is 7.80. The van der Waals surface area contributed by atoms with Crippen LogP contribution in [0.4, 0.5) is 10.1 Å². The largest absolute Gasteiger partial charge is 0.477 e. The first-order chi connectivity index (χ1) is 23.1. The monoisotopic (exact) mass is 708 g/mol. The molecule has 18 heteroatoms. The van der Waals surface area contributed by atoms with E-state index in [9.17, 15) is 33.9 Å². The van der Waals surface area contributed by atoms with Gasteiger partial charge in [-0.2, -0.15) is 0 Å². The maximum absolute atomic E-state index is 15.4. The van der Waals surface area contributed by atoms with Crippen molar-refractivity contribution in [1.82, 2.24) is 14.8 Å². The molecule has 3 heterocycles. The molecule has 49 heavy (non-hydrogen) atoms. The van der Waals surface area contributed by atoms with Crippen LogP contribution in [-0.4, -0.2) is 113 Å². The third-order valence-corrected chi connectivity index (χ3v) is 8.26. The Hall–Kier alpha value is -4.84. The Balaban J connectivity index is 1.55. The molecule has 2 saturated heterocycles. The van der Waals surface area contributed by atoms with Crippen LogP contribution < -0.4 is 15.6 Å². The molecule has 0 radical (unpaired) electrons. The number of hydrogen-bond acceptors (Lipinski definition) is 13. The molecule has 4 rings (SSSR count). The minimum absolute atomic E-state index is 0.0446. The topological polar surface area (TPSA) is 192 Å². The normalized spacial score (nSPS) is 22.2. The average Bonchev–Trinajstić information content (AvgIpc) is 3.02. The maximum Gasteiger partial charge on any atom is 0.341 e. The van der Waals surface area contributed by atoms with E-state index in [2.05, 4.69) is 5.32 Å². The number of carbonyl (C=O) groups is 5. The lowest BCUT2D eigenvalue weighted by atomic mass is 9.97. The van der Waals surface area contributed by atoms with E-state index < -0.39 is 83.9 Å². The Morgan fingerprint density at radius 1 is 0.939 bits per heavy atom. The van der Waals surface area contributed by atoms with E-state index >= 15 is 4.39 Å². The van der Waals surface area contributed by atoms with Crippen LogP contribution in [0.5, 0.6) is 0 Å². The van der Waals surface area contributed by atoms with Gasteiger partial charge in [0.2, 0.25) is 5.43 Å². The fourth-order valence-electron chi connectivity index (χ4n) is 5.76. The number of thiocarbonyl (C=S) groups is 1. The molecular weight excluding hydrogens is 671 g/mol. The number of rotatable bonds is 9. The average molecular weight is 709 g/mol. The second-order valence-corrected chi connectivity index (χ2v) is 11.7. The van der Waals surface area contributed by atoms with Crippen LogP contribution >= 0.6 is 12.2 Å². The van der Waals surface area contributed by atoms with Crippen molar-refractivity contribution in [3.05, 3.63) is 39.9 Å². The van der Waals surface area contributed by atoms with Gasteiger partial charge >= 0.3 is 29.8 Å². The smallest absolute Gasteiger partial charge is 0.341 e. The Morgan fingerprint density at radius 3 is 2.08 bits per heavy atom. The van der Waals surface area contributed by atoms with Crippen LogP contribution in [0.15, 0.2) is 23.1 Å². The zero-order valence-corrected chi connectivity index (χ0v) is 28.2. The van der Waals surface area contributed by atoms with Crippen LogP contribution in [0.1, 0.15) is 45.0 Å². The molecule has 0 spiro atoms. The zero-order chi connectivity index (χ0) is 36.2. The number of nitrogens with zero attached hydrogens (tertiary/aromatic N) is 3. The number of esters is 4. The fraction of sp³-hybridized carbons (Fsp3) is 0.516. The lowest BCUT2D eigenvalue weighted by Gasteiger charge is -2.45. The highest BCUT2D eigenvalue weighted by atomic mass is 32.1. The molecule has 1 aromatic carbocycles. The Kier molecular flexibility index (Phi) is 11.8. The number of carbonyl (C=O) groups excluding carboxylic acids is 4. The molecule has 0 bridgehead atoms. The number of aromatic carboxylic acids is 1.